The Morgan fingerprint density at radius 1 is 0.941 bits per heavy atom. The van der Waals surface area contributed by atoms with Crippen LogP contribution in [0.4, 0.5) is 5.69 Å². The highest BCUT2D eigenvalue weighted by Crippen LogP contribution is 2.31. The van der Waals surface area contributed by atoms with Crippen molar-refractivity contribution >= 4 is 21.6 Å². The summed E-state index contributed by atoms with van der Waals surface area (Å²) in [5, 5.41) is 2.92. The molecule has 1 amide bonds. The van der Waals surface area contributed by atoms with Gasteiger partial charge in [0.15, 0.2) is 11.5 Å². The second-order valence-electron chi connectivity index (χ2n) is 7.88. The Labute approximate surface area is 201 Å². The topological polar surface area (TPSA) is 84.9 Å². The molecule has 0 heterocycles. The Kier molecular flexibility index (Phi) is 8.17. The Morgan fingerprint density at radius 3 is 2.29 bits per heavy atom. The number of hydrogen-bond acceptors (Lipinski definition) is 5. The van der Waals surface area contributed by atoms with E-state index < -0.39 is 10.0 Å². The smallest absolute Gasteiger partial charge is 0.264 e. The van der Waals surface area contributed by atoms with Crippen molar-refractivity contribution in [2.24, 2.45) is 0 Å². The molecule has 7 nitrogen and oxygen atoms in total. The van der Waals surface area contributed by atoms with Gasteiger partial charge in [0.2, 0.25) is 0 Å². The van der Waals surface area contributed by atoms with Gasteiger partial charge >= 0.3 is 0 Å². The van der Waals surface area contributed by atoms with E-state index in [4.69, 9.17) is 9.47 Å². The number of ether oxygens (including phenoxy) is 2. The number of benzene rings is 3. The van der Waals surface area contributed by atoms with Crippen molar-refractivity contribution in [2.45, 2.75) is 24.7 Å². The third kappa shape index (κ3) is 5.88. The molecule has 0 aromatic heterocycles. The van der Waals surface area contributed by atoms with E-state index in [-0.39, 0.29) is 10.8 Å². The van der Waals surface area contributed by atoms with Crippen molar-refractivity contribution in [1.29, 1.82) is 0 Å². The highest BCUT2D eigenvalue weighted by Gasteiger charge is 2.23. The van der Waals surface area contributed by atoms with Gasteiger partial charge in [0, 0.05) is 25.2 Å². The molecule has 0 saturated carbocycles. The van der Waals surface area contributed by atoms with Gasteiger partial charge < -0.3 is 14.8 Å². The first-order valence-corrected chi connectivity index (χ1v) is 12.3. The van der Waals surface area contributed by atoms with E-state index in [1.165, 1.54) is 44.5 Å². The minimum Gasteiger partial charge on any atom is -0.493 e. The molecular formula is C26H30N2O5S. The van der Waals surface area contributed by atoms with Gasteiger partial charge in [0.25, 0.3) is 15.9 Å². The number of carbonyl (C=O) groups excluding carboxylic acids is 1. The van der Waals surface area contributed by atoms with Crippen LogP contribution in [0.1, 0.15) is 27.9 Å². The van der Waals surface area contributed by atoms with Gasteiger partial charge in [-0.2, -0.15) is 0 Å². The summed E-state index contributed by atoms with van der Waals surface area (Å²) < 4.78 is 37.7. The molecule has 0 aliphatic heterocycles. The second kappa shape index (κ2) is 11.1. The molecule has 0 fully saturated rings. The van der Waals surface area contributed by atoms with E-state index in [9.17, 15) is 13.2 Å². The normalized spacial score (nSPS) is 11.1. The molecule has 0 spiro atoms. The number of carbonyl (C=O) groups is 1. The van der Waals surface area contributed by atoms with Crippen LogP contribution >= 0.6 is 0 Å². The highest BCUT2D eigenvalue weighted by molar-refractivity contribution is 7.92. The number of rotatable bonds is 10. The summed E-state index contributed by atoms with van der Waals surface area (Å²) in [6.45, 7) is 2.62. The van der Waals surface area contributed by atoms with Gasteiger partial charge in [-0.25, -0.2) is 8.42 Å². The van der Waals surface area contributed by atoms with Crippen LogP contribution < -0.4 is 19.1 Å². The summed E-state index contributed by atoms with van der Waals surface area (Å²) in [5.74, 6) is 0.575. The zero-order chi connectivity index (χ0) is 24.7. The van der Waals surface area contributed by atoms with Crippen molar-refractivity contribution < 1.29 is 22.7 Å². The molecule has 8 heteroatoms. The molecule has 0 aliphatic carbocycles. The second-order valence-corrected chi connectivity index (χ2v) is 9.85. The lowest BCUT2D eigenvalue weighted by atomic mass is 10.1. The van der Waals surface area contributed by atoms with Gasteiger partial charge in [-0.15, -0.1) is 0 Å². The first-order valence-electron chi connectivity index (χ1n) is 10.9. The van der Waals surface area contributed by atoms with Crippen LogP contribution in [-0.2, 0) is 16.4 Å². The van der Waals surface area contributed by atoms with Crippen LogP contribution in [-0.4, -0.2) is 42.1 Å². The third-order valence-electron chi connectivity index (χ3n) is 5.52. The fourth-order valence-corrected chi connectivity index (χ4v) is 4.77. The standard InChI is InChI=1S/C26H30N2O5S/c1-19-7-5-8-20(17-19)9-6-16-27-26(29)21-10-12-22(13-11-21)28(2)34(30,31)23-14-15-24(32-3)25(18-23)33-4/h5,7-8,10-15,17-18H,6,9,16H2,1-4H3,(H,27,29). The summed E-state index contributed by atoms with van der Waals surface area (Å²) in [6.07, 6.45) is 1.72. The first-order chi connectivity index (χ1) is 16.3. The van der Waals surface area contributed by atoms with Crippen molar-refractivity contribution in [3.63, 3.8) is 0 Å². The lowest BCUT2D eigenvalue weighted by Crippen LogP contribution is -2.27. The summed E-state index contributed by atoms with van der Waals surface area (Å²) in [4.78, 5) is 12.5. The predicted octanol–water partition coefficient (Wildman–Crippen LogP) is 4.20. The fraction of sp³-hybridized carbons (Fsp3) is 0.269. The monoisotopic (exact) mass is 482 g/mol. The highest BCUT2D eigenvalue weighted by atomic mass is 32.2. The van der Waals surface area contributed by atoms with E-state index in [2.05, 4.69) is 30.4 Å². The number of anilines is 1. The van der Waals surface area contributed by atoms with Crippen LogP contribution in [0.15, 0.2) is 71.6 Å². The molecule has 0 radical (unpaired) electrons. The molecule has 0 saturated heterocycles. The number of hydrogen-bond donors (Lipinski definition) is 1. The SMILES string of the molecule is COc1ccc(S(=O)(=O)N(C)c2ccc(C(=O)NCCCc3cccc(C)c3)cc2)cc1OC. The molecule has 0 bridgehead atoms. The third-order valence-corrected chi connectivity index (χ3v) is 7.30. The van der Waals surface area contributed by atoms with Crippen molar-refractivity contribution in [1.82, 2.24) is 5.32 Å². The summed E-state index contributed by atoms with van der Waals surface area (Å²) in [7, 11) is 0.567. The quantitative estimate of drug-likeness (QED) is 0.438. The number of nitrogens with zero attached hydrogens (tertiary/aromatic N) is 1. The number of amides is 1. The molecule has 3 rings (SSSR count). The van der Waals surface area contributed by atoms with Crippen molar-refractivity contribution in [2.75, 3.05) is 32.1 Å². The molecular weight excluding hydrogens is 452 g/mol. The van der Waals surface area contributed by atoms with Crippen LogP contribution in [0.2, 0.25) is 0 Å². The van der Waals surface area contributed by atoms with Crippen molar-refractivity contribution in [3.05, 3.63) is 83.4 Å². The summed E-state index contributed by atoms with van der Waals surface area (Å²) in [5.41, 5.74) is 3.37. The van der Waals surface area contributed by atoms with E-state index in [0.29, 0.717) is 29.3 Å². The van der Waals surface area contributed by atoms with Crippen LogP contribution in [0.25, 0.3) is 0 Å². The largest absolute Gasteiger partial charge is 0.493 e. The van der Waals surface area contributed by atoms with Gasteiger partial charge in [-0.05, 0) is 61.7 Å². The van der Waals surface area contributed by atoms with Crippen LogP contribution in [0.3, 0.4) is 0 Å². The van der Waals surface area contributed by atoms with Gasteiger partial charge in [-0.1, -0.05) is 29.8 Å². The Balaban J connectivity index is 1.62. The van der Waals surface area contributed by atoms with Crippen molar-refractivity contribution in [3.8, 4) is 11.5 Å². The maximum Gasteiger partial charge on any atom is 0.264 e. The Hall–Kier alpha value is -3.52. The predicted molar refractivity (Wildman–Crippen MR) is 133 cm³/mol. The van der Waals surface area contributed by atoms with E-state index in [1.807, 2.05) is 6.07 Å². The average molecular weight is 483 g/mol. The lowest BCUT2D eigenvalue weighted by molar-refractivity contribution is 0.0953. The molecule has 180 valence electrons. The summed E-state index contributed by atoms with van der Waals surface area (Å²) >= 11 is 0. The van der Waals surface area contributed by atoms with Crippen LogP contribution in [0.5, 0.6) is 11.5 Å². The van der Waals surface area contributed by atoms with E-state index in [0.717, 1.165) is 17.1 Å². The van der Waals surface area contributed by atoms with Crippen LogP contribution in [0, 0.1) is 6.92 Å². The van der Waals surface area contributed by atoms with Gasteiger partial charge in [-0.3, -0.25) is 9.10 Å². The van der Waals surface area contributed by atoms with E-state index in [1.54, 1.807) is 30.3 Å². The molecule has 3 aromatic carbocycles. The molecule has 0 atom stereocenters. The molecule has 0 aliphatic rings. The number of nitrogens with one attached hydrogen (secondary N) is 1. The maximum atomic E-state index is 13.1. The van der Waals surface area contributed by atoms with Gasteiger partial charge in [0.1, 0.15) is 0 Å². The summed E-state index contributed by atoms with van der Waals surface area (Å²) in [6, 6.07) is 19.2. The van der Waals surface area contributed by atoms with Gasteiger partial charge in [0.05, 0.1) is 24.8 Å². The number of aryl methyl sites for hydroxylation is 2. The Bertz CT molecular complexity index is 1240. The average Bonchev–Trinajstić information content (AvgIpc) is 2.85. The molecule has 34 heavy (non-hydrogen) atoms. The molecule has 3 aromatic rings. The lowest BCUT2D eigenvalue weighted by Gasteiger charge is -2.20. The zero-order valence-corrected chi connectivity index (χ0v) is 20.7. The minimum atomic E-state index is -3.83. The zero-order valence-electron chi connectivity index (χ0n) is 19.9. The Morgan fingerprint density at radius 2 is 1.65 bits per heavy atom. The van der Waals surface area contributed by atoms with E-state index >= 15 is 0 Å². The number of sulfonamides is 1. The fourth-order valence-electron chi connectivity index (χ4n) is 3.56. The maximum absolute atomic E-state index is 13.1. The minimum absolute atomic E-state index is 0.0723. The molecule has 1 N–H and O–H groups in total. The first kappa shape index (κ1) is 25.1. The molecule has 0 unspecified atom stereocenters. The number of methoxy groups -OCH3 is 2.